The van der Waals surface area contributed by atoms with Crippen LogP contribution in [0.15, 0.2) is 150 Å². The maximum absolute atomic E-state index is 9.84. The van der Waals surface area contributed by atoms with Crippen LogP contribution in [-0.2, 0) is 0 Å². The molecule has 0 aliphatic carbocycles. The summed E-state index contributed by atoms with van der Waals surface area (Å²) >= 11 is 0. The number of rotatable bonds is 3. The van der Waals surface area contributed by atoms with Gasteiger partial charge in [-0.3, -0.25) is 0 Å². The Balaban J connectivity index is 1.19. The van der Waals surface area contributed by atoms with E-state index in [2.05, 4.69) is 124 Å². The van der Waals surface area contributed by atoms with Crippen molar-refractivity contribution in [3.8, 4) is 34.6 Å². The fourth-order valence-corrected chi connectivity index (χ4v) is 7.69. The maximum atomic E-state index is 9.84. The summed E-state index contributed by atoms with van der Waals surface area (Å²) < 4.78 is 11.0. The number of nitriles is 2. The number of benzene rings is 7. The molecule has 0 N–H and O–H groups in total. The molecule has 0 unspecified atom stereocenters. The molecule has 0 fully saturated rings. The second-order valence-corrected chi connectivity index (χ2v) is 12.4. The van der Waals surface area contributed by atoms with Crippen molar-refractivity contribution in [2.75, 3.05) is 0 Å². The van der Waals surface area contributed by atoms with Crippen LogP contribution in [0.4, 0.5) is 0 Å². The minimum absolute atomic E-state index is 0.470. The van der Waals surface area contributed by atoms with Crippen LogP contribution in [0.2, 0.25) is 0 Å². The molecule has 3 aromatic heterocycles. The van der Waals surface area contributed by atoms with Gasteiger partial charge in [-0.2, -0.15) is 10.5 Å². The van der Waals surface area contributed by atoms with E-state index in [1.807, 2.05) is 24.3 Å². The van der Waals surface area contributed by atoms with Crippen LogP contribution in [0.1, 0.15) is 11.1 Å². The van der Waals surface area contributed by atoms with E-state index < -0.39 is 0 Å². The predicted molar refractivity (Wildman–Crippen MR) is 197 cm³/mol. The van der Waals surface area contributed by atoms with Gasteiger partial charge in [-0.15, -0.1) is 0 Å². The average Bonchev–Trinajstić information content (AvgIpc) is 3.81. The van der Waals surface area contributed by atoms with E-state index in [9.17, 15) is 10.5 Å². The molecule has 7 aromatic carbocycles. The highest BCUT2D eigenvalue weighted by Gasteiger charge is 2.18. The number of furan rings is 1. The van der Waals surface area contributed by atoms with Crippen molar-refractivity contribution in [3.05, 3.63) is 157 Å². The molecule has 5 nitrogen and oxygen atoms in total. The Morgan fingerprint density at radius 3 is 1.47 bits per heavy atom. The van der Waals surface area contributed by atoms with Gasteiger partial charge in [0.1, 0.15) is 11.2 Å². The average molecular weight is 625 g/mol. The summed E-state index contributed by atoms with van der Waals surface area (Å²) in [7, 11) is 0. The Hall–Kier alpha value is -7.08. The first-order valence-electron chi connectivity index (χ1n) is 16.1. The minimum atomic E-state index is 0.470. The molecule has 10 aromatic rings. The highest BCUT2D eigenvalue weighted by Crippen LogP contribution is 2.39. The predicted octanol–water partition coefficient (Wildman–Crippen LogP) is 11.2. The fraction of sp³-hybridized carbons (Fsp3) is 0. The number of hydrogen-bond acceptors (Lipinski definition) is 3. The number of para-hydroxylation sites is 3. The van der Waals surface area contributed by atoms with E-state index in [1.54, 1.807) is 18.2 Å². The van der Waals surface area contributed by atoms with Crippen LogP contribution in [0, 0.1) is 22.7 Å². The normalized spacial score (nSPS) is 11.6. The summed E-state index contributed by atoms with van der Waals surface area (Å²) in [6.07, 6.45) is 0. The zero-order valence-corrected chi connectivity index (χ0v) is 26.1. The summed E-state index contributed by atoms with van der Waals surface area (Å²) in [6.45, 7) is 0. The van der Waals surface area contributed by atoms with Gasteiger partial charge in [0.05, 0.1) is 45.3 Å². The van der Waals surface area contributed by atoms with E-state index in [4.69, 9.17) is 4.42 Å². The summed E-state index contributed by atoms with van der Waals surface area (Å²) in [5.74, 6) is 0. The first-order chi connectivity index (χ1) is 24.2. The van der Waals surface area contributed by atoms with Crippen LogP contribution in [0.3, 0.4) is 0 Å². The number of nitrogens with zero attached hydrogens (tertiary/aromatic N) is 4. The fourth-order valence-electron chi connectivity index (χ4n) is 7.69. The van der Waals surface area contributed by atoms with Gasteiger partial charge in [-0.1, -0.05) is 66.7 Å². The van der Waals surface area contributed by atoms with Crippen molar-refractivity contribution in [2.45, 2.75) is 0 Å². The van der Waals surface area contributed by atoms with Gasteiger partial charge >= 0.3 is 0 Å². The molecule has 0 radical (unpaired) electrons. The topological polar surface area (TPSA) is 70.6 Å². The van der Waals surface area contributed by atoms with Crippen molar-refractivity contribution < 1.29 is 4.42 Å². The lowest BCUT2D eigenvalue weighted by molar-refractivity contribution is 0.669. The van der Waals surface area contributed by atoms with Crippen molar-refractivity contribution >= 4 is 65.6 Å². The Morgan fingerprint density at radius 2 is 0.878 bits per heavy atom. The summed E-state index contributed by atoms with van der Waals surface area (Å²) in [5.41, 5.74) is 10.6. The van der Waals surface area contributed by atoms with Gasteiger partial charge < -0.3 is 13.6 Å². The Kier molecular flexibility index (Phi) is 5.64. The van der Waals surface area contributed by atoms with Gasteiger partial charge in [0.25, 0.3) is 0 Å². The summed E-state index contributed by atoms with van der Waals surface area (Å²) in [4.78, 5) is 0. The van der Waals surface area contributed by atoms with E-state index in [-0.39, 0.29) is 0 Å². The first kappa shape index (κ1) is 27.1. The van der Waals surface area contributed by atoms with E-state index in [1.165, 1.54) is 32.6 Å². The van der Waals surface area contributed by atoms with Gasteiger partial charge in [-0.25, -0.2) is 0 Å². The van der Waals surface area contributed by atoms with Crippen LogP contribution in [0.5, 0.6) is 0 Å². The molecule has 5 heteroatoms. The number of fused-ring (bicyclic) bond motifs is 9. The third-order valence-corrected chi connectivity index (χ3v) is 9.80. The van der Waals surface area contributed by atoms with Crippen LogP contribution < -0.4 is 0 Å². The lowest BCUT2D eigenvalue weighted by atomic mass is 9.94. The first-order valence-corrected chi connectivity index (χ1v) is 16.1. The molecule has 0 spiro atoms. The molecular formula is C44H24N4O. The van der Waals surface area contributed by atoms with Gasteiger partial charge in [0, 0.05) is 49.3 Å². The summed E-state index contributed by atoms with van der Waals surface area (Å²) in [6, 6.07) is 54.5. The zero-order valence-electron chi connectivity index (χ0n) is 26.1. The minimum Gasteiger partial charge on any atom is -0.456 e. The van der Waals surface area contributed by atoms with E-state index in [0.29, 0.717) is 16.7 Å². The summed E-state index contributed by atoms with van der Waals surface area (Å²) in [5, 5.41) is 26.4. The molecule has 49 heavy (non-hydrogen) atoms. The van der Waals surface area contributed by atoms with Crippen molar-refractivity contribution in [1.29, 1.82) is 10.5 Å². The Bertz CT molecular complexity index is 3000. The molecule has 0 aliphatic heterocycles. The zero-order chi connectivity index (χ0) is 32.6. The monoisotopic (exact) mass is 624 g/mol. The van der Waals surface area contributed by atoms with E-state index in [0.717, 1.165) is 49.9 Å². The SMILES string of the molecule is N#Cc1cccc(C#N)c1-c1ccc2oc3ccc(-n4c5ccccc5c5cc(-n6c7ccccc7c7ccccc76)ccc54)cc3c2c1. The van der Waals surface area contributed by atoms with Crippen LogP contribution >= 0.6 is 0 Å². The molecule has 0 amide bonds. The second-order valence-electron chi connectivity index (χ2n) is 12.4. The van der Waals surface area contributed by atoms with Gasteiger partial charge in [0.2, 0.25) is 0 Å². The standard InChI is InChI=1S/C44H24N4O/c45-25-28-8-7-9-29(26-46)44(28)27-16-20-42-36(22-27)37-24-31(18-21-43(37)49-42)48-40-15-6-3-12-34(40)35-23-30(17-19-41(35)48)47-38-13-4-1-10-32(38)33-11-2-5-14-39(33)47/h1-24H. The Morgan fingerprint density at radius 1 is 0.408 bits per heavy atom. The van der Waals surface area contributed by atoms with Gasteiger partial charge in [-0.05, 0) is 84.4 Å². The molecule has 0 aliphatic rings. The highest BCUT2D eigenvalue weighted by atomic mass is 16.3. The Labute approximate surface area is 280 Å². The molecule has 3 heterocycles. The van der Waals surface area contributed by atoms with E-state index >= 15 is 0 Å². The van der Waals surface area contributed by atoms with Crippen molar-refractivity contribution in [2.24, 2.45) is 0 Å². The molecule has 0 saturated carbocycles. The molecule has 10 rings (SSSR count). The number of aromatic nitrogens is 2. The van der Waals surface area contributed by atoms with Crippen molar-refractivity contribution in [3.63, 3.8) is 0 Å². The molecule has 0 saturated heterocycles. The lowest BCUT2D eigenvalue weighted by Crippen LogP contribution is -1.95. The molecule has 226 valence electrons. The lowest BCUT2D eigenvalue weighted by Gasteiger charge is -2.10. The number of hydrogen-bond donors (Lipinski definition) is 0. The smallest absolute Gasteiger partial charge is 0.135 e. The highest BCUT2D eigenvalue weighted by molar-refractivity contribution is 6.13. The third-order valence-electron chi connectivity index (χ3n) is 9.80. The van der Waals surface area contributed by atoms with Crippen LogP contribution in [-0.4, -0.2) is 9.13 Å². The molecular weight excluding hydrogens is 601 g/mol. The van der Waals surface area contributed by atoms with Gasteiger partial charge in [0.15, 0.2) is 0 Å². The molecule has 0 bridgehead atoms. The maximum Gasteiger partial charge on any atom is 0.135 e. The second kappa shape index (κ2) is 10.2. The molecule has 0 atom stereocenters. The van der Waals surface area contributed by atoms with Crippen molar-refractivity contribution in [1.82, 2.24) is 9.13 Å². The quantitative estimate of drug-likeness (QED) is 0.196. The third kappa shape index (κ3) is 3.85. The largest absolute Gasteiger partial charge is 0.456 e. The van der Waals surface area contributed by atoms with Crippen LogP contribution in [0.25, 0.3) is 88.1 Å².